The Kier molecular flexibility index (Phi) is 5.14. The second-order valence-electron chi connectivity index (χ2n) is 3.45. The summed E-state index contributed by atoms with van der Waals surface area (Å²) in [4.78, 5) is 0. The molecule has 0 saturated heterocycles. The van der Waals surface area contributed by atoms with Crippen LogP contribution in [0.1, 0.15) is 26.2 Å². The maximum Gasteiger partial charge on any atom is 0.807 e. The molecule has 11 heteroatoms. The predicted molar refractivity (Wildman–Crippen MR) is 44.5 cm³/mol. The van der Waals surface area contributed by atoms with Crippen molar-refractivity contribution in [2.24, 2.45) is 0 Å². The molecule has 0 rings (SSSR count). The third-order valence-electron chi connectivity index (χ3n) is 1.91. The van der Waals surface area contributed by atoms with Crippen molar-refractivity contribution in [3.63, 3.8) is 0 Å². The van der Waals surface area contributed by atoms with Gasteiger partial charge in [0.2, 0.25) is 0 Å². The molecule has 0 aliphatic rings. The van der Waals surface area contributed by atoms with Gasteiger partial charge in [-0.3, -0.25) is 4.43 Å². The Labute approximate surface area is 97.6 Å². The number of halogens is 9. The zero-order chi connectivity index (χ0) is 14.8. The zero-order valence-electron chi connectivity index (χ0n) is 8.93. The van der Waals surface area contributed by atoms with Gasteiger partial charge < -0.3 is 0 Å². The van der Waals surface area contributed by atoms with E-state index in [1.807, 2.05) is 4.43 Å². The first-order valence-electron chi connectivity index (χ1n) is 4.67. The predicted octanol–water partition coefficient (Wildman–Crippen LogP) is 4.40. The first kappa shape index (κ1) is 17.5. The second kappa shape index (κ2) is 5.27. The van der Waals surface area contributed by atoms with Crippen LogP contribution in [0.3, 0.4) is 0 Å². The van der Waals surface area contributed by atoms with Crippen LogP contribution < -0.4 is 0 Å². The normalized spacial score (nSPS) is 15.0. The van der Waals surface area contributed by atoms with Gasteiger partial charge in [-0.15, -0.1) is 0 Å². The van der Waals surface area contributed by atoms with Crippen molar-refractivity contribution in [2.75, 3.05) is 0 Å². The third kappa shape index (κ3) is 4.04. The molecule has 0 amide bonds. The van der Waals surface area contributed by atoms with Gasteiger partial charge in [-0.05, 0) is 6.42 Å². The van der Waals surface area contributed by atoms with Gasteiger partial charge in [0.25, 0.3) is 0 Å². The number of unbranched alkanes of at least 4 members (excludes halogenated alkanes) is 1. The van der Waals surface area contributed by atoms with E-state index in [0.717, 1.165) is 0 Å². The lowest BCUT2D eigenvalue weighted by atomic mass is 10.0. The molecule has 0 atom stereocenters. The van der Waals surface area contributed by atoms with E-state index >= 15 is 0 Å². The Hall–Kier alpha value is -0.453. The Morgan fingerprint density at radius 3 is 1.72 bits per heavy atom. The molecule has 0 spiro atoms. The van der Waals surface area contributed by atoms with Gasteiger partial charge in [-0.1, -0.05) is 13.3 Å². The Morgan fingerprint density at radius 1 is 0.944 bits per heavy atom. The summed E-state index contributed by atoms with van der Waals surface area (Å²) in [5.41, 5.74) is 0. The minimum atomic E-state index is -7.58. The fourth-order valence-corrected chi connectivity index (χ4v) is 1.40. The molecule has 1 nitrogen and oxygen atoms in total. The molecule has 0 radical (unpaired) electrons. The van der Waals surface area contributed by atoms with E-state index in [1.165, 1.54) is 6.92 Å². The molecular weight excluding hydrogens is 299 g/mol. The molecule has 0 bridgehead atoms. The maximum absolute atomic E-state index is 12.8. The van der Waals surface area contributed by atoms with Crippen LogP contribution in [0.15, 0.2) is 0 Å². The first-order valence-corrected chi connectivity index (χ1v) is 6.21. The SMILES string of the molecule is CCCCC(F)(F)C(F)(F)C(F)(F)O[Si](F)(F)F. The van der Waals surface area contributed by atoms with Crippen molar-refractivity contribution >= 4 is 9.32 Å². The van der Waals surface area contributed by atoms with E-state index in [1.54, 1.807) is 0 Å². The summed E-state index contributed by atoms with van der Waals surface area (Å²) >= 11 is 0. The lowest BCUT2D eigenvalue weighted by Gasteiger charge is -2.32. The molecule has 0 unspecified atom stereocenters. The highest BCUT2D eigenvalue weighted by Crippen LogP contribution is 2.49. The second-order valence-corrected chi connectivity index (χ2v) is 4.54. The Bertz CT molecular complexity index is 275. The molecule has 0 aromatic heterocycles. The average molecular weight is 308 g/mol. The highest BCUT2D eigenvalue weighted by molar-refractivity contribution is 6.51. The summed E-state index contributed by atoms with van der Waals surface area (Å²) in [6, 6.07) is 0. The van der Waals surface area contributed by atoms with E-state index in [-0.39, 0.29) is 6.42 Å². The van der Waals surface area contributed by atoms with Crippen LogP contribution in [0, 0.1) is 0 Å². The molecule has 0 N–H and O–H groups in total. The van der Waals surface area contributed by atoms with Crippen molar-refractivity contribution in [2.45, 2.75) is 44.1 Å². The summed E-state index contributed by atoms with van der Waals surface area (Å²) in [7, 11) is -7.58. The zero-order valence-corrected chi connectivity index (χ0v) is 9.93. The number of hydrogen-bond donors (Lipinski definition) is 0. The van der Waals surface area contributed by atoms with Crippen LogP contribution in [-0.4, -0.2) is 27.3 Å². The minimum absolute atomic E-state index is 0.00782. The molecule has 0 saturated carbocycles. The van der Waals surface area contributed by atoms with Crippen molar-refractivity contribution in [1.29, 1.82) is 0 Å². The third-order valence-corrected chi connectivity index (χ3v) is 2.40. The van der Waals surface area contributed by atoms with E-state index in [4.69, 9.17) is 0 Å². The van der Waals surface area contributed by atoms with E-state index in [0.29, 0.717) is 0 Å². The molecule has 0 aliphatic heterocycles. The van der Waals surface area contributed by atoms with Crippen molar-refractivity contribution in [3.8, 4) is 0 Å². The molecule has 18 heavy (non-hydrogen) atoms. The van der Waals surface area contributed by atoms with Gasteiger partial charge in [0.05, 0.1) is 0 Å². The molecule has 0 fully saturated rings. The average Bonchev–Trinajstić information content (AvgIpc) is 2.10. The van der Waals surface area contributed by atoms with Gasteiger partial charge in [0.1, 0.15) is 0 Å². The highest BCUT2D eigenvalue weighted by Gasteiger charge is 2.75. The Morgan fingerprint density at radius 2 is 1.39 bits per heavy atom. The lowest BCUT2D eigenvalue weighted by Crippen LogP contribution is -2.57. The van der Waals surface area contributed by atoms with E-state index in [2.05, 4.69) is 0 Å². The summed E-state index contributed by atoms with van der Waals surface area (Å²) in [5, 5.41) is 0. The van der Waals surface area contributed by atoms with E-state index < -0.39 is 40.1 Å². The van der Waals surface area contributed by atoms with Gasteiger partial charge in [-0.2, -0.15) is 26.3 Å². The van der Waals surface area contributed by atoms with Gasteiger partial charge >= 0.3 is 27.3 Å². The van der Waals surface area contributed by atoms with E-state index in [9.17, 15) is 38.7 Å². The molecule has 110 valence electrons. The summed E-state index contributed by atoms with van der Waals surface area (Å²) in [6.45, 7) is 1.32. The molecule has 0 aliphatic carbocycles. The fraction of sp³-hybridized carbons (Fsp3) is 1.00. The van der Waals surface area contributed by atoms with Gasteiger partial charge in [-0.25, -0.2) is 12.3 Å². The lowest BCUT2D eigenvalue weighted by molar-refractivity contribution is -0.382. The first-order chi connectivity index (χ1) is 7.77. The van der Waals surface area contributed by atoms with Crippen LogP contribution in [-0.2, 0) is 4.43 Å². The van der Waals surface area contributed by atoms with Crippen LogP contribution in [0.5, 0.6) is 0 Å². The fourth-order valence-electron chi connectivity index (χ4n) is 0.978. The summed E-state index contributed by atoms with van der Waals surface area (Å²) in [5.74, 6) is -11.5. The van der Waals surface area contributed by atoms with Crippen LogP contribution in [0.2, 0.25) is 0 Å². The molecular formula is C7H9F9OSi. The van der Waals surface area contributed by atoms with Crippen molar-refractivity contribution in [3.05, 3.63) is 0 Å². The number of hydrogen-bond acceptors (Lipinski definition) is 1. The highest BCUT2D eigenvalue weighted by atomic mass is 28.5. The maximum atomic E-state index is 12.8. The van der Waals surface area contributed by atoms with Crippen LogP contribution in [0.25, 0.3) is 0 Å². The standard InChI is InChI=1S/C7H9F9OSi/c1-2-3-4-5(8,9)6(10,11)7(12,13)17-18(14,15)16/h2-4H2,1H3. The van der Waals surface area contributed by atoms with Gasteiger partial charge in [0.15, 0.2) is 0 Å². The molecule has 0 aromatic rings. The van der Waals surface area contributed by atoms with Crippen LogP contribution in [0.4, 0.5) is 38.7 Å². The summed E-state index contributed by atoms with van der Waals surface area (Å²) in [6.07, 6.45) is -8.49. The van der Waals surface area contributed by atoms with Crippen LogP contribution >= 0.6 is 0 Å². The van der Waals surface area contributed by atoms with Crippen molar-refractivity contribution in [1.82, 2.24) is 0 Å². The number of alkyl halides is 6. The monoisotopic (exact) mass is 308 g/mol. The van der Waals surface area contributed by atoms with Gasteiger partial charge in [0, 0.05) is 6.42 Å². The van der Waals surface area contributed by atoms with Crippen molar-refractivity contribution < 1.29 is 43.1 Å². The molecule has 0 aromatic carbocycles. The Balaban J connectivity index is 5.09. The minimum Gasteiger partial charge on any atom is -0.276 e. The summed E-state index contributed by atoms with van der Waals surface area (Å²) < 4.78 is 113. The smallest absolute Gasteiger partial charge is 0.276 e. The number of rotatable bonds is 7. The largest absolute Gasteiger partial charge is 0.807 e. The quantitative estimate of drug-likeness (QED) is 0.385. The topological polar surface area (TPSA) is 9.23 Å². The molecule has 0 heterocycles.